The number of aliphatic carboxylic acids is 1. The highest BCUT2D eigenvalue weighted by Gasteiger charge is 2.19. The third kappa shape index (κ3) is 4.50. The molecule has 0 saturated heterocycles. The summed E-state index contributed by atoms with van der Waals surface area (Å²) >= 11 is 0. The van der Waals surface area contributed by atoms with Gasteiger partial charge in [-0.05, 0) is 38.1 Å². The van der Waals surface area contributed by atoms with E-state index >= 15 is 0 Å². The van der Waals surface area contributed by atoms with Gasteiger partial charge in [0, 0.05) is 22.6 Å². The zero-order valence-corrected chi connectivity index (χ0v) is 13.3. The van der Waals surface area contributed by atoms with E-state index < -0.39 is 24.5 Å². The lowest BCUT2D eigenvalue weighted by molar-refractivity contribution is -0.140. The summed E-state index contributed by atoms with van der Waals surface area (Å²) in [5.74, 6) is -1.49. The number of carbonyl (C=O) groups is 2. The second-order valence-corrected chi connectivity index (χ2v) is 5.23. The molecule has 0 aliphatic rings. The number of aryl methyl sites for hydroxylation is 2. The van der Waals surface area contributed by atoms with Crippen molar-refractivity contribution in [2.24, 2.45) is 0 Å². The lowest BCUT2D eigenvalue weighted by Crippen LogP contribution is -2.43. The van der Waals surface area contributed by atoms with Gasteiger partial charge < -0.3 is 20.8 Å². The van der Waals surface area contributed by atoms with E-state index in [2.05, 4.69) is 20.6 Å². The van der Waals surface area contributed by atoms with Crippen LogP contribution in [0.25, 0.3) is 0 Å². The van der Waals surface area contributed by atoms with Crippen molar-refractivity contribution in [2.45, 2.75) is 19.9 Å². The van der Waals surface area contributed by atoms with E-state index in [0.29, 0.717) is 11.6 Å². The highest BCUT2D eigenvalue weighted by Crippen LogP contribution is 2.15. The minimum Gasteiger partial charge on any atom is -0.480 e. The Labute approximate surface area is 138 Å². The van der Waals surface area contributed by atoms with Crippen LogP contribution in [-0.4, -0.2) is 44.7 Å². The fourth-order valence-electron chi connectivity index (χ4n) is 2.08. The van der Waals surface area contributed by atoms with Crippen LogP contribution in [0, 0.1) is 13.8 Å². The number of nitrogens with zero attached hydrogens (tertiary/aromatic N) is 2. The average molecular weight is 330 g/mol. The molecule has 0 saturated carbocycles. The van der Waals surface area contributed by atoms with Crippen molar-refractivity contribution in [3.8, 4) is 0 Å². The predicted octanol–water partition coefficient (Wildman–Crippen LogP) is 1.01. The van der Waals surface area contributed by atoms with Gasteiger partial charge in [-0.3, -0.25) is 4.79 Å². The molecule has 1 atom stereocenters. The van der Waals surface area contributed by atoms with Gasteiger partial charge in [-0.2, -0.15) is 0 Å². The molecule has 2 aromatic rings. The van der Waals surface area contributed by atoms with Crippen LogP contribution < -0.4 is 10.6 Å². The third-order valence-electron chi connectivity index (χ3n) is 3.15. The molecule has 0 radical (unpaired) electrons. The molecule has 0 aliphatic heterocycles. The van der Waals surface area contributed by atoms with E-state index in [-0.39, 0.29) is 5.56 Å². The summed E-state index contributed by atoms with van der Waals surface area (Å²) in [6.45, 7) is 3.02. The summed E-state index contributed by atoms with van der Waals surface area (Å²) in [5, 5.41) is 23.1. The minimum absolute atomic E-state index is 0.254. The number of carbonyl (C=O) groups excluding carboxylic acids is 1. The Balaban J connectivity index is 2.16. The van der Waals surface area contributed by atoms with Crippen molar-refractivity contribution in [1.29, 1.82) is 0 Å². The zero-order valence-electron chi connectivity index (χ0n) is 13.3. The summed E-state index contributed by atoms with van der Waals surface area (Å²) in [4.78, 5) is 31.5. The molecule has 2 rings (SSSR count). The van der Waals surface area contributed by atoms with Crippen molar-refractivity contribution in [3.05, 3.63) is 47.3 Å². The average Bonchev–Trinajstić information content (AvgIpc) is 2.51. The number of aliphatic hydroxyl groups is 1. The van der Waals surface area contributed by atoms with Crippen LogP contribution in [0.2, 0.25) is 0 Å². The van der Waals surface area contributed by atoms with Crippen molar-refractivity contribution in [2.75, 3.05) is 11.9 Å². The number of rotatable bonds is 6. The summed E-state index contributed by atoms with van der Waals surface area (Å²) < 4.78 is 0. The van der Waals surface area contributed by atoms with Gasteiger partial charge in [-0.25, -0.2) is 14.8 Å². The van der Waals surface area contributed by atoms with Crippen molar-refractivity contribution in [3.63, 3.8) is 0 Å². The van der Waals surface area contributed by atoms with Gasteiger partial charge in [0.1, 0.15) is 0 Å². The SMILES string of the molecule is Cc1cc(C)nc(Nc2cccc(C(=O)NC(CO)C(=O)O)c2)n1. The lowest BCUT2D eigenvalue weighted by Gasteiger charge is -2.12. The topological polar surface area (TPSA) is 124 Å². The van der Waals surface area contributed by atoms with E-state index in [4.69, 9.17) is 10.2 Å². The molecule has 1 heterocycles. The van der Waals surface area contributed by atoms with Crippen molar-refractivity contribution in [1.82, 2.24) is 15.3 Å². The van der Waals surface area contributed by atoms with Gasteiger partial charge in [0.15, 0.2) is 6.04 Å². The molecule has 1 aromatic heterocycles. The summed E-state index contributed by atoms with van der Waals surface area (Å²) in [6, 6.07) is 6.96. The fraction of sp³-hybridized carbons (Fsp3) is 0.250. The molecular formula is C16H18N4O4. The maximum absolute atomic E-state index is 12.1. The maximum atomic E-state index is 12.1. The number of benzene rings is 1. The third-order valence-corrected chi connectivity index (χ3v) is 3.15. The number of hydrogen-bond donors (Lipinski definition) is 4. The van der Waals surface area contributed by atoms with Gasteiger partial charge in [-0.15, -0.1) is 0 Å². The molecule has 1 unspecified atom stereocenters. The number of carboxylic acids is 1. The van der Waals surface area contributed by atoms with Crippen LogP contribution in [0.1, 0.15) is 21.7 Å². The van der Waals surface area contributed by atoms with Gasteiger partial charge in [0.25, 0.3) is 5.91 Å². The first kappa shape index (κ1) is 17.4. The Kier molecular flexibility index (Phi) is 5.43. The number of anilines is 2. The van der Waals surface area contributed by atoms with E-state index in [0.717, 1.165) is 11.4 Å². The number of aliphatic hydroxyl groups excluding tert-OH is 1. The second kappa shape index (κ2) is 7.51. The van der Waals surface area contributed by atoms with Crippen LogP contribution in [0.4, 0.5) is 11.6 Å². The fourth-order valence-corrected chi connectivity index (χ4v) is 2.08. The molecule has 0 spiro atoms. The number of amides is 1. The second-order valence-electron chi connectivity index (χ2n) is 5.23. The Morgan fingerprint density at radius 1 is 1.17 bits per heavy atom. The molecule has 1 amide bonds. The molecule has 24 heavy (non-hydrogen) atoms. The summed E-state index contributed by atoms with van der Waals surface area (Å²) in [6.07, 6.45) is 0. The lowest BCUT2D eigenvalue weighted by atomic mass is 10.1. The molecule has 0 fully saturated rings. The highest BCUT2D eigenvalue weighted by molar-refractivity contribution is 5.97. The van der Waals surface area contributed by atoms with Crippen molar-refractivity contribution < 1.29 is 19.8 Å². The Bertz CT molecular complexity index is 743. The number of hydrogen-bond acceptors (Lipinski definition) is 6. The van der Waals surface area contributed by atoms with E-state index in [9.17, 15) is 9.59 Å². The number of carboxylic acid groups (broad SMARTS) is 1. The summed E-state index contributed by atoms with van der Waals surface area (Å²) in [7, 11) is 0. The Morgan fingerprint density at radius 3 is 2.42 bits per heavy atom. The molecule has 1 aromatic carbocycles. The van der Waals surface area contributed by atoms with E-state index in [1.807, 2.05) is 19.9 Å². The normalized spacial score (nSPS) is 11.6. The molecular weight excluding hydrogens is 312 g/mol. The largest absolute Gasteiger partial charge is 0.480 e. The van der Waals surface area contributed by atoms with Crippen LogP contribution in [0.3, 0.4) is 0 Å². The van der Waals surface area contributed by atoms with Gasteiger partial charge in [0.2, 0.25) is 5.95 Å². The zero-order chi connectivity index (χ0) is 17.7. The van der Waals surface area contributed by atoms with Crippen LogP contribution in [0.5, 0.6) is 0 Å². The minimum atomic E-state index is -1.35. The number of nitrogens with one attached hydrogen (secondary N) is 2. The standard InChI is InChI=1S/C16H18N4O4/c1-9-6-10(2)18-16(17-9)19-12-5-3-4-11(7-12)14(22)20-13(8-21)15(23)24/h3-7,13,21H,8H2,1-2H3,(H,20,22)(H,23,24)(H,17,18,19). The molecule has 4 N–H and O–H groups in total. The van der Waals surface area contributed by atoms with Crippen LogP contribution in [0.15, 0.2) is 30.3 Å². The molecule has 0 aliphatic carbocycles. The molecule has 8 nitrogen and oxygen atoms in total. The Morgan fingerprint density at radius 2 is 1.83 bits per heavy atom. The monoisotopic (exact) mass is 330 g/mol. The quantitative estimate of drug-likeness (QED) is 0.623. The van der Waals surface area contributed by atoms with Crippen LogP contribution in [-0.2, 0) is 4.79 Å². The van der Waals surface area contributed by atoms with E-state index in [1.165, 1.54) is 0 Å². The first-order chi connectivity index (χ1) is 11.4. The maximum Gasteiger partial charge on any atom is 0.328 e. The summed E-state index contributed by atoms with van der Waals surface area (Å²) in [5.41, 5.74) is 2.46. The van der Waals surface area contributed by atoms with Crippen LogP contribution >= 0.6 is 0 Å². The molecule has 0 bridgehead atoms. The first-order valence-electron chi connectivity index (χ1n) is 7.23. The highest BCUT2D eigenvalue weighted by atomic mass is 16.4. The van der Waals surface area contributed by atoms with Gasteiger partial charge in [-0.1, -0.05) is 6.07 Å². The van der Waals surface area contributed by atoms with E-state index in [1.54, 1.807) is 24.3 Å². The van der Waals surface area contributed by atoms with Gasteiger partial charge in [0.05, 0.1) is 6.61 Å². The Hall–Kier alpha value is -3.00. The predicted molar refractivity (Wildman–Crippen MR) is 87.2 cm³/mol. The first-order valence-corrected chi connectivity index (χ1v) is 7.23. The number of aromatic nitrogens is 2. The molecule has 126 valence electrons. The van der Waals surface area contributed by atoms with Gasteiger partial charge >= 0.3 is 5.97 Å². The smallest absolute Gasteiger partial charge is 0.328 e. The molecule has 8 heteroatoms. The van der Waals surface area contributed by atoms with Crippen molar-refractivity contribution >= 4 is 23.5 Å².